The average Bonchev–Trinajstić information content (AvgIpc) is 3.16. The Hall–Kier alpha value is -3.94. The van der Waals surface area contributed by atoms with Crippen LogP contribution in [0.1, 0.15) is 5.56 Å². The molecule has 0 aliphatic carbocycles. The number of hydrogen-bond acceptors (Lipinski definition) is 5. The zero-order valence-electron chi connectivity index (χ0n) is 16.4. The third-order valence-electron chi connectivity index (χ3n) is 4.49. The highest BCUT2D eigenvalue weighted by molar-refractivity contribution is 5.95. The monoisotopic (exact) mass is 406 g/mol. The number of nitrogens with one attached hydrogen (secondary N) is 1. The van der Waals surface area contributed by atoms with E-state index in [9.17, 15) is 9.18 Å². The van der Waals surface area contributed by atoms with Gasteiger partial charge in [0.2, 0.25) is 0 Å². The van der Waals surface area contributed by atoms with Gasteiger partial charge in [0.05, 0.1) is 12.8 Å². The summed E-state index contributed by atoms with van der Waals surface area (Å²) in [7, 11) is 1.58. The van der Waals surface area contributed by atoms with Crippen molar-refractivity contribution in [2.45, 2.75) is 6.92 Å². The summed E-state index contributed by atoms with van der Waals surface area (Å²) in [6.45, 7) is 1.74. The second-order valence-corrected chi connectivity index (χ2v) is 6.63. The first-order valence-corrected chi connectivity index (χ1v) is 9.22. The molecule has 1 heterocycles. The van der Waals surface area contributed by atoms with E-state index < -0.39 is 0 Å². The van der Waals surface area contributed by atoms with E-state index in [1.165, 1.54) is 16.9 Å². The summed E-state index contributed by atoms with van der Waals surface area (Å²) >= 11 is 0. The normalized spacial score (nSPS) is 10.8. The van der Waals surface area contributed by atoms with Gasteiger partial charge in [-0.25, -0.2) is 4.39 Å². The summed E-state index contributed by atoms with van der Waals surface area (Å²) in [5, 5.41) is 11.7. The van der Waals surface area contributed by atoms with E-state index in [1.807, 2.05) is 13.0 Å². The summed E-state index contributed by atoms with van der Waals surface area (Å²) in [5.74, 6) is 0.664. The lowest BCUT2D eigenvalue weighted by Crippen LogP contribution is -2.20. The number of aryl methyl sites for hydroxylation is 1. The van der Waals surface area contributed by atoms with E-state index in [0.29, 0.717) is 33.9 Å². The minimum atomic E-state index is -0.326. The fraction of sp³-hybridized carbons (Fsp3) is 0.136. The van der Waals surface area contributed by atoms with Crippen molar-refractivity contribution in [1.82, 2.24) is 15.0 Å². The maximum absolute atomic E-state index is 13.1. The lowest BCUT2D eigenvalue weighted by Gasteiger charge is -2.10. The van der Waals surface area contributed by atoms with E-state index in [0.717, 1.165) is 5.56 Å². The van der Waals surface area contributed by atoms with Crippen LogP contribution in [-0.2, 0) is 4.79 Å². The topological polar surface area (TPSA) is 78.3 Å². The number of amides is 1. The Morgan fingerprint density at radius 1 is 1.00 bits per heavy atom. The molecule has 0 atom stereocenters. The fourth-order valence-corrected chi connectivity index (χ4v) is 2.90. The smallest absolute Gasteiger partial charge is 0.262 e. The van der Waals surface area contributed by atoms with Crippen LogP contribution in [0.4, 0.5) is 10.1 Å². The zero-order chi connectivity index (χ0) is 21.1. The van der Waals surface area contributed by atoms with Crippen LogP contribution >= 0.6 is 0 Å². The second-order valence-electron chi connectivity index (χ2n) is 6.63. The molecular weight excluding hydrogens is 387 g/mol. The van der Waals surface area contributed by atoms with Gasteiger partial charge in [0.25, 0.3) is 5.91 Å². The van der Waals surface area contributed by atoms with Gasteiger partial charge in [0.15, 0.2) is 6.61 Å². The number of carbonyl (C=O) groups is 1. The predicted octanol–water partition coefficient (Wildman–Crippen LogP) is 3.89. The molecule has 0 aliphatic heterocycles. The van der Waals surface area contributed by atoms with Gasteiger partial charge < -0.3 is 14.8 Å². The molecule has 4 rings (SSSR count). The molecule has 1 N–H and O–H groups in total. The van der Waals surface area contributed by atoms with Crippen molar-refractivity contribution in [3.63, 3.8) is 0 Å². The number of rotatable bonds is 6. The van der Waals surface area contributed by atoms with Gasteiger partial charge in [0.1, 0.15) is 28.3 Å². The molecule has 0 spiro atoms. The van der Waals surface area contributed by atoms with Crippen LogP contribution in [-0.4, -0.2) is 34.6 Å². The molecule has 3 aromatic carbocycles. The van der Waals surface area contributed by atoms with Gasteiger partial charge in [-0.1, -0.05) is 0 Å². The molecule has 4 aromatic rings. The molecule has 0 radical (unpaired) electrons. The van der Waals surface area contributed by atoms with Crippen molar-refractivity contribution in [1.29, 1.82) is 0 Å². The van der Waals surface area contributed by atoms with Crippen molar-refractivity contribution in [3.8, 4) is 17.2 Å². The molecule has 7 nitrogen and oxygen atoms in total. The lowest BCUT2D eigenvalue weighted by atomic mass is 10.1. The summed E-state index contributed by atoms with van der Waals surface area (Å²) in [6, 6.07) is 16.5. The van der Waals surface area contributed by atoms with Crippen molar-refractivity contribution in [2.24, 2.45) is 0 Å². The highest BCUT2D eigenvalue weighted by atomic mass is 19.1. The number of methoxy groups -OCH3 is 1. The van der Waals surface area contributed by atoms with Crippen LogP contribution in [0.2, 0.25) is 0 Å². The quantitative estimate of drug-likeness (QED) is 0.526. The number of anilines is 1. The molecule has 1 amide bonds. The average molecular weight is 406 g/mol. The van der Waals surface area contributed by atoms with Crippen molar-refractivity contribution in [3.05, 3.63) is 72.0 Å². The lowest BCUT2D eigenvalue weighted by molar-refractivity contribution is -0.118. The van der Waals surface area contributed by atoms with E-state index in [1.54, 1.807) is 49.6 Å². The van der Waals surface area contributed by atoms with E-state index in [4.69, 9.17) is 9.47 Å². The Morgan fingerprint density at radius 2 is 1.63 bits per heavy atom. The first kappa shape index (κ1) is 19.4. The fourth-order valence-electron chi connectivity index (χ4n) is 2.90. The van der Waals surface area contributed by atoms with Crippen LogP contribution < -0.4 is 14.8 Å². The van der Waals surface area contributed by atoms with E-state index in [-0.39, 0.29) is 18.3 Å². The number of halogens is 1. The zero-order valence-corrected chi connectivity index (χ0v) is 16.4. The minimum Gasteiger partial charge on any atom is -0.497 e. The summed E-state index contributed by atoms with van der Waals surface area (Å²) in [5.41, 5.74) is 3.38. The summed E-state index contributed by atoms with van der Waals surface area (Å²) in [6.07, 6.45) is 0. The maximum Gasteiger partial charge on any atom is 0.262 e. The number of ether oxygens (including phenoxy) is 2. The van der Waals surface area contributed by atoms with Gasteiger partial charge in [-0.05, 0) is 73.2 Å². The van der Waals surface area contributed by atoms with Gasteiger partial charge in [0, 0.05) is 5.69 Å². The van der Waals surface area contributed by atoms with Crippen LogP contribution in [0.25, 0.3) is 16.7 Å². The van der Waals surface area contributed by atoms with Gasteiger partial charge >= 0.3 is 0 Å². The molecule has 0 fully saturated rings. The van der Waals surface area contributed by atoms with Gasteiger partial charge in [-0.2, -0.15) is 4.80 Å². The molecule has 1 aromatic heterocycles. The first-order chi connectivity index (χ1) is 14.5. The number of benzene rings is 3. The number of aromatic nitrogens is 3. The van der Waals surface area contributed by atoms with Crippen LogP contribution in [0.3, 0.4) is 0 Å². The Labute approximate surface area is 172 Å². The van der Waals surface area contributed by atoms with Crippen molar-refractivity contribution in [2.75, 3.05) is 19.0 Å². The number of carbonyl (C=O) groups excluding carboxylic acids is 1. The second kappa shape index (κ2) is 8.20. The highest BCUT2D eigenvalue weighted by Gasteiger charge is 2.11. The SMILES string of the molecule is COc1ccc(OCC(=O)Nc2cc3nn(-c4ccc(F)cc4)nc3cc2C)cc1. The van der Waals surface area contributed by atoms with E-state index in [2.05, 4.69) is 15.5 Å². The van der Waals surface area contributed by atoms with Gasteiger partial charge in [-0.15, -0.1) is 10.2 Å². The summed E-state index contributed by atoms with van der Waals surface area (Å²) in [4.78, 5) is 13.8. The molecule has 152 valence electrons. The van der Waals surface area contributed by atoms with Gasteiger partial charge in [-0.3, -0.25) is 4.79 Å². The van der Waals surface area contributed by atoms with Crippen LogP contribution in [0.15, 0.2) is 60.7 Å². The largest absolute Gasteiger partial charge is 0.497 e. The molecule has 0 bridgehead atoms. The Morgan fingerprint density at radius 3 is 2.30 bits per heavy atom. The molecule has 0 saturated heterocycles. The third kappa shape index (κ3) is 4.22. The Bertz CT molecular complexity index is 1190. The molecule has 30 heavy (non-hydrogen) atoms. The first-order valence-electron chi connectivity index (χ1n) is 9.22. The molecule has 0 aliphatic rings. The van der Waals surface area contributed by atoms with Crippen LogP contribution in [0.5, 0.6) is 11.5 Å². The number of nitrogens with zero attached hydrogens (tertiary/aromatic N) is 3. The van der Waals surface area contributed by atoms with E-state index >= 15 is 0 Å². The van der Waals surface area contributed by atoms with Crippen LogP contribution in [0, 0.1) is 12.7 Å². The molecule has 0 unspecified atom stereocenters. The maximum atomic E-state index is 13.1. The Balaban J connectivity index is 1.47. The number of fused-ring (bicyclic) bond motifs is 1. The standard InChI is InChI=1S/C22H19FN4O3/c1-14-11-20-21(26-27(25-20)16-5-3-15(23)4-6-16)12-19(14)24-22(28)13-30-18-9-7-17(29-2)8-10-18/h3-12H,13H2,1-2H3,(H,24,28). The Kier molecular flexibility index (Phi) is 5.30. The van der Waals surface area contributed by atoms with Crippen molar-refractivity contribution >= 4 is 22.6 Å². The van der Waals surface area contributed by atoms with Crippen molar-refractivity contribution < 1.29 is 18.7 Å². The minimum absolute atomic E-state index is 0.133. The predicted molar refractivity (Wildman–Crippen MR) is 111 cm³/mol. The highest BCUT2D eigenvalue weighted by Crippen LogP contribution is 2.22. The third-order valence-corrected chi connectivity index (χ3v) is 4.49. The molecular formula is C22H19FN4O3. The number of hydrogen-bond donors (Lipinski definition) is 1. The molecule has 0 saturated carbocycles. The summed E-state index contributed by atoms with van der Waals surface area (Å²) < 4.78 is 23.7. The molecule has 8 heteroatoms.